The summed E-state index contributed by atoms with van der Waals surface area (Å²) in [5, 5.41) is 0. The number of benzene rings is 1. The first-order valence-corrected chi connectivity index (χ1v) is 6.83. The van der Waals surface area contributed by atoms with Gasteiger partial charge in [-0.05, 0) is 18.1 Å². The summed E-state index contributed by atoms with van der Waals surface area (Å²) in [7, 11) is 0. The molecule has 1 spiro atoms. The maximum absolute atomic E-state index is 13.8. The van der Waals surface area contributed by atoms with Gasteiger partial charge in [-0.3, -0.25) is 0 Å². The quantitative estimate of drug-likeness (QED) is 0.276. The standard InChI is InChI=1S/C14H11F4NO4/c1-2-19-5-7(14(19)22-12(20)13(21)23-14)3-6-4-8(15)10(17)11(18)9(6)16/h4,7H,2-3,5H2,1H3. The Kier molecular flexibility index (Phi) is 3.55. The molecule has 2 aliphatic rings. The van der Waals surface area contributed by atoms with E-state index in [1.54, 1.807) is 6.92 Å². The monoisotopic (exact) mass is 333 g/mol. The second-order valence-corrected chi connectivity index (χ2v) is 5.31. The van der Waals surface area contributed by atoms with E-state index in [1.165, 1.54) is 4.90 Å². The average Bonchev–Trinajstić information content (AvgIpc) is 2.84. The molecular weight excluding hydrogens is 322 g/mol. The van der Waals surface area contributed by atoms with E-state index in [0.717, 1.165) is 0 Å². The molecule has 0 aromatic heterocycles. The third-order valence-electron chi connectivity index (χ3n) is 4.07. The van der Waals surface area contributed by atoms with Crippen molar-refractivity contribution in [3.8, 4) is 0 Å². The Labute approximate surface area is 127 Å². The number of halogens is 4. The van der Waals surface area contributed by atoms with Crippen molar-refractivity contribution in [1.29, 1.82) is 0 Å². The van der Waals surface area contributed by atoms with Crippen LogP contribution in [-0.4, -0.2) is 35.8 Å². The highest BCUT2D eigenvalue weighted by atomic mass is 19.2. The minimum absolute atomic E-state index is 0.247. The number of carbonyl (C=O) groups is 2. The summed E-state index contributed by atoms with van der Waals surface area (Å²) in [5.41, 5.74) is -0.430. The molecule has 2 saturated heterocycles. The van der Waals surface area contributed by atoms with Gasteiger partial charge in [0.2, 0.25) is 0 Å². The highest BCUT2D eigenvalue weighted by molar-refractivity contribution is 6.31. The Morgan fingerprint density at radius 3 is 2.30 bits per heavy atom. The molecule has 2 fully saturated rings. The summed E-state index contributed by atoms with van der Waals surface area (Å²) in [5.74, 6) is -11.7. The zero-order valence-electron chi connectivity index (χ0n) is 11.9. The molecule has 0 bridgehead atoms. The minimum atomic E-state index is -1.92. The molecule has 2 heterocycles. The van der Waals surface area contributed by atoms with E-state index in [1.807, 2.05) is 0 Å². The van der Waals surface area contributed by atoms with E-state index in [2.05, 4.69) is 0 Å². The van der Waals surface area contributed by atoms with Gasteiger partial charge in [-0.15, -0.1) is 0 Å². The number of ether oxygens (including phenoxy) is 2. The van der Waals surface area contributed by atoms with Crippen LogP contribution in [0.3, 0.4) is 0 Å². The number of esters is 2. The van der Waals surface area contributed by atoms with Gasteiger partial charge in [0.1, 0.15) is 0 Å². The van der Waals surface area contributed by atoms with Gasteiger partial charge in [0.15, 0.2) is 23.3 Å². The average molecular weight is 333 g/mol. The molecule has 0 saturated carbocycles. The largest absolute Gasteiger partial charge is 0.421 e. The fraction of sp³-hybridized carbons (Fsp3) is 0.429. The second-order valence-electron chi connectivity index (χ2n) is 5.31. The summed E-state index contributed by atoms with van der Waals surface area (Å²) in [6, 6.07) is 0.536. The van der Waals surface area contributed by atoms with Gasteiger partial charge in [-0.2, -0.15) is 0 Å². The number of hydrogen-bond donors (Lipinski definition) is 0. The van der Waals surface area contributed by atoms with Gasteiger partial charge >= 0.3 is 17.8 Å². The third kappa shape index (κ3) is 2.18. The Hall–Kier alpha value is -2.16. The van der Waals surface area contributed by atoms with E-state index in [9.17, 15) is 27.2 Å². The van der Waals surface area contributed by atoms with Crippen molar-refractivity contribution in [3.05, 3.63) is 34.9 Å². The van der Waals surface area contributed by atoms with Gasteiger partial charge in [-0.1, -0.05) is 6.92 Å². The first-order chi connectivity index (χ1) is 10.8. The molecule has 3 rings (SSSR count). The van der Waals surface area contributed by atoms with E-state index < -0.39 is 52.6 Å². The highest BCUT2D eigenvalue weighted by Gasteiger charge is 2.64. The van der Waals surface area contributed by atoms with Gasteiger partial charge in [-0.25, -0.2) is 32.1 Å². The van der Waals surface area contributed by atoms with E-state index in [-0.39, 0.29) is 13.0 Å². The molecule has 1 aromatic rings. The van der Waals surface area contributed by atoms with E-state index in [0.29, 0.717) is 12.6 Å². The van der Waals surface area contributed by atoms with E-state index in [4.69, 9.17) is 9.47 Å². The summed E-state index contributed by atoms with van der Waals surface area (Å²) in [4.78, 5) is 24.1. The highest BCUT2D eigenvalue weighted by Crippen LogP contribution is 2.44. The predicted molar refractivity (Wildman–Crippen MR) is 65.6 cm³/mol. The summed E-state index contributed by atoms with van der Waals surface area (Å²) < 4.78 is 63.2. The molecule has 0 amide bonds. The summed E-state index contributed by atoms with van der Waals surface area (Å²) >= 11 is 0. The van der Waals surface area contributed by atoms with Crippen LogP contribution in [0.4, 0.5) is 17.6 Å². The van der Waals surface area contributed by atoms with Crippen molar-refractivity contribution in [2.24, 2.45) is 5.92 Å². The van der Waals surface area contributed by atoms with Crippen molar-refractivity contribution >= 4 is 11.9 Å². The number of carbonyl (C=O) groups excluding carboxylic acids is 2. The maximum Gasteiger partial charge on any atom is 0.421 e. The molecule has 2 aliphatic heterocycles. The number of rotatable bonds is 3. The number of likely N-dealkylation sites (tertiary alicyclic amines) is 1. The lowest BCUT2D eigenvalue weighted by Gasteiger charge is -2.51. The van der Waals surface area contributed by atoms with Gasteiger partial charge in [0.05, 0.1) is 5.92 Å². The van der Waals surface area contributed by atoms with Crippen molar-refractivity contribution in [2.75, 3.05) is 13.1 Å². The first-order valence-electron chi connectivity index (χ1n) is 6.83. The van der Waals surface area contributed by atoms with Crippen LogP contribution in [0.5, 0.6) is 0 Å². The SMILES string of the molecule is CCN1CC(Cc2cc(F)c(F)c(F)c2F)C12OC(=O)C(=O)O2. The van der Waals surface area contributed by atoms with Gasteiger partial charge < -0.3 is 9.47 Å². The lowest BCUT2D eigenvalue weighted by Crippen LogP contribution is -2.68. The van der Waals surface area contributed by atoms with Gasteiger partial charge in [0, 0.05) is 13.1 Å². The first kappa shape index (κ1) is 15.7. The van der Waals surface area contributed by atoms with E-state index >= 15 is 0 Å². The normalized spacial score (nSPS) is 22.9. The van der Waals surface area contributed by atoms with Crippen molar-refractivity contribution in [3.63, 3.8) is 0 Å². The molecular formula is C14H11F4NO4. The topological polar surface area (TPSA) is 55.8 Å². The smallest absolute Gasteiger partial charge is 0.399 e. The number of nitrogens with zero attached hydrogens (tertiary/aromatic N) is 1. The molecule has 1 unspecified atom stereocenters. The second kappa shape index (κ2) is 5.19. The number of hydrogen-bond acceptors (Lipinski definition) is 5. The fourth-order valence-electron chi connectivity index (χ4n) is 2.90. The Balaban J connectivity index is 1.89. The zero-order chi connectivity index (χ0) is 16.9. The Bertz CT molecular complexity index is 693. The Morgan fingerprint density at radius 1 is 1.13 bits per heavy atom. The van der Waals surface area contributed by atoms with Crippen LogP contribution in [0.15, 0.2) is 6.07 Å². The van der Waals surface area contributed by atoms with Crippen LogP contribution >= 0.6 is 0 Å². The van der Waals surface area contributed by atoms with Crippen LogP contribution in [0.1, 0.15) is 12.5 Å². The minimum Gasteiger partial charge on any atom is -0.399 e. The van der Waals surface area contributed by atoms with Crippen LogP contribution in [0.2, 0.25) is 0 Å². The van der Waals surface area contributed by atoms with Crippen LogP contribution in [0.25, 0.3) is 0 Å². The molecule has 9 heteroatoms. The molecule has 5 nitrogen and oxygen atoms in total. The van der Waals surface area contributed by atoms with Crippen molar-refractivity contribution in [2.45, 2.75) is 19.3 Å². The van der Waals surface area contributed by atoms with Crippen LogP contribution in [0, 0.1) is 29.2 Å². The third-order valence-corrected chi connectivity index (χ3v) is 4.07. The van der Waals surface area contributed by atoms with Gasteiger partial charge in [0.25, 0.3) is 0 Å². The molecule has 124 valence electrons. The lowest BCUT2D eigenvalue weighted by molar-refractivity contribution is -0.334. The lowest BCUT2D eigenvalue weighted by atomic mass is 9.86. The molecule has 0 aliphatic carbocycles. The summed E-state index contributed by atoms with van der Waals surface area (Å²) in [6.07, 6.45) is -0.295. The molecule has 1 aromatic carbocycles. The molecule has 0 radical (unpaired) electrons. The van der Waals surface area contributed by atoms with Crippen molar-refractivity contribution in [1.82, 2.24) is 4.90 Å². The van der Waals surface area contributed by atoms with Crippen LogP contribution < -0.4 is 0 Å². The molecule has 1 atom stereocenters. The molecule has 0 N–H and O–H groups in total. The Morgan fingerprint density at radius 2 is 1.74 bits per heavy atom. The fourth-order valence-corrected chi connectivity index (χ4v) is 2.90. The predicted octanol–water partition coefficient (Wildman–Crippen LogP) is 1.49. The molecule has 23 heavy (non-hydrogen) atoms. The zero-order valence-corrected chi connectivity index (χ0v) is 11.9. The van der Waals surface area contributed by atoms with Crippen LogP contribution in [-0.2, 0) is 25.5 Å². The maximum atomic E-state index is 13.8. The summed E-state index contributed by atoms with van der Waals surface area (Å²) in [6.45, 7) is 2.33. The van der Waals surface area contributed by atoms with Crippen molar-refractivity contribution < 1.29 is 36.6 Å².